The fraction of sp³-hybridized carbons (Fsp3) is 0.333. The molecule has 0 N–H and O–H groups in total. The van der Waals surface area contributed by atoms with E-state index in [0.717, 1.165) is 24.1 Å². The van der Waals surface area contributed by atoms with Gasteiger partial charge in [0.05, 0.1) is 4.90 Å². The number of pyridine rings is 1. The minimum Gasteiger partial charge on any atom is -0.477 e. The Hall–Kier alpha value is -2.21. The maximum atomic E-state index is 12.8. The molecule has 2 aromatic rings. The maximum Gasteiger partial charge on any atom is 0.205 e. The van der Waals surface area contributed by atoms with E-state index in [-0.39, 0.29) is 4.90 Å². The quantitative estimate of drug-likeness (QED) is 0.808. The van der Waals surface area contributed by atoms with Gasteiger partial charge in [0.25, 0.3) is 0 Å². The van der Waals surface area contributed by atoms with Gasteiger partial charge in [0.1, 0.15) is 6.10 Å². The Balaban J connectivity index is 1.66. The second-order valence-electron chi connectivity index (χ2n) is 5.89. The number of nitrogens with zero attached hydrogens (tertiary/aromatic N) is 2. The summed E-state index contributed by atoms with van der Waals surface area (Å²) in [4.78, 5) is 8.63. The molecule has 3 rings (SSSR count). The highest BCUT2D eigenvalue weighted by Gasteiger charge is 2.38. The number of aromatic nitrogens is 1. The third-order valence-corrected chi connectivity index (χ3v) is 6.07. The van der Waals surface area contributed by atoms with Crippen molar-refractivity contribution in [3.8, 4) is 0 Å². The van der Waals surface area contributed by atoms with Gasteiger partial charge in [-0.1, -0.05) is 23.8 Å². The van der Waals surface area contributed by atoms with Crippen molar-refractivity contribution in [2.75, 3.05) is 0 Å². The highest BCUT2D eigenvalue weighted by atomic mass is 32.2. The standard InChI is InChI=1S/C18H20N2O3S/c1-14-8-10-16(11-9-14)24(21,22)18-17(23-13-20-18)7-4-6-15-5-2-3-12-19-15/h2-3,5,8-13,17-18H,4,6-7H2,1H3. The van der Waals surface area contributed by atoms with E-state index in [1.165, 1.54) is 6.40 Å². The van der Waals surface area contributed by atoms with E-state index in [0.29, 0.717) is 6.42 Å². The molecule has 1 aliphatic heterocycles. The van der Waals surface area contributed by atoms with Crippen molar-refractivity contribution in [3.05, 3.63) is 59.9 Å². The van der Waals surface area contributed by atoms with Crippen LogP contribution in [0.2, 0.25) is 0 Å². The normalized spacial score (nSPS) is 20.0. The second kappa shape index (κ2) is 7.13. The Bertz CT molecular complexity index is 802. The van der Waals surface area contributed by atoms with Crippen LogP contribution in [0.15, 0.2) is 58.5 Å². The number of aryl methyl sites for hydroxylation is 2. The summed E-state index contributed by atoms with van der Waals surface area (Å²) in [5, 5.41) is -0.871. The zero-order valence-electron chi connectivity index (χ0n) is 13.5. The Morgan fingerprint density at radius 2 is 1.92 bits per heavy atom. The molecule has 126 valence electrons. The van der Waals surface area contributed by atoms with Gasteiger partial charge in [-0.15, -0.1) is 0 Å². The van der Waals surface area contributed by atoms with Crippen LogP contribution in [0.5, 0.6) is 0 Å². The topological polar surface area (TPSA) is 68.6 Å². The van der Waals surface area contributed by atoms with Crippen LogP contribution in [0.1, 0.15) is 24.1 Å². The van der Waals surface area contributed by atoms with Crippen molar-refractivity contribution < 1.29 is 13.2 Å². The van der Waals surface area contributed by atoms with Crippen LogP contribution in [0.25, 0.3) is 0 Å². The zero-order valence-corrected chi connectivity index (χ0v) is 14.3. The van der Waals surface area contributed by atoms with Crippen molar-refractivity contribution in [3.63, 3.8) is 0 Å². The molecule has 24 heavy (non-hydrogen) atoms. The van der Waals surface area contributed by atoms with Gasteiger partial charge in [0.15, 0.2) is 11.8 Å². The number of sulfone groups is 1. The van der Waals surface area contributed by atoms with E-state index in [9.17, 15) is 8.42 Å². The van der Waals surface area contributed by atoms with E-state index in [1.807, 2.05) is 25.1 Å². The molecule has 2 unspecified atom stereocenters. The molecule has 0 saturated heterocycles. The Labute approximate surface area is 142 Å². The Morgan fingerprint density at radius 1 is 1.12 bits per heavy atom. The summed E-state index contributed by atoms with van der Waals surface area (Å²) in [5.74, 6) is 0. The first kappa shape index (κ1) is 16.6. The molecule has 5 nitrogen and oxygen atoms in total. The molecule has 0 bridgehead atoms. The van der Waals surface area contributed by atoms with E-state index in [1.54, 1.807) is 30.5 Å². The average Bonchev–Trinajstić information content (AvgIpc) is 3.06. The molecule has 0 aliphatic carbocycles. The summed E-state index contributed by atoms with van der Waals surface area (Å²) in [5.41, 5.74) is 2.02. The van der Waals surface area contributed by atoms with Gasteiger partial charge in [0, 0.05) is 11.9 Å². The molecule has 0 fully saturated rings. The highest BCUT2D eigenvalue weighted by Crippen LogP contribution is 2.26. The Morgan fingerprint density at radius 3 is 2.62 bits per heavy atom. The third kappa shape index (κ3) is 3.64. The predicted molar refractivity (Wildman–Crippen MR) is 92.7 cm³/mol. The lowest BCUT2D eigenvalue weighted by atomic mass is 10.1. The van der Waals surface area contributed by atoms with Crippen LogP contribution >= 0.6 is 0 Å². The van der Waals surface area contributed by atoms with Gasteiger partial charge >= 0.3 is 0 Å². The van der Waals surface area contributed by atoms with Gasteiger partial charge < -0.3 is 4.74 Å². The third-order valence-electron chi connectivity index (χ3n) is 4.08. The first-order valence-corrected chi connectivity index (χ1v) is 9.49. The molecule has 0 saturated carbocycles. The molecule has 2 heterocycles. The molecule has 0 radical (unpaired) electrons. The lowest BCUT2D eigenvalue weighted by Crippen LogP contribution is -2.30. The largest absolute Gasteiger partial charge is 0.477 e. The summed E-state index contributed by atoms with van der Waals surface area (Å²) >= 11 is 0. The number of benzene rings is 1. The lowest BCUT2D eigenvalue weighted by molar-refractivity contribution is 0.207. The van der Waals surface area contributed by atoms with Gasteiger partial charge in [-0.3, -0.25) is 4.98 Å². The van der Waals surface area contributed by atoms with Gasteiger partial charge in [-0.25, -0.2) is 13.4 Å². The summed E-state index contributed by atoms with van der Waals surface area (Å²) in [6.07, 6.45) is 4.78. The van der Waals surface area contributed by atoms with Crippen LogP contribution in [0.4, 0.5) is 0 Å². The minimum atomic E-state index is -3.54. The summed E-state index contributed by atoms with van der Waals surface area (Å²) in [6, 6.07) is 12.6. The predicted octanol–water partition coefficient (Wildman–Crippen LogP) is 2.94. The number of rotatable bonds is 6. The maximum absolute atomic E-state index is 12.8. The van der Waals surface area contributed by atoms with Gasteiger partial charge in [-0.05, 0) is 50.5 Å². The molecule has 1 aliphatic rings. The molecule has 1 aromatic carbocycles. The van der Waals surface area contributed by atoms with Crippen LogP contribution in [-0.2, 0) is 21.0 Å². The van der Waals surface area contributed by atoms with Crippen molar-refractivity contribution >= 4 is 16.2 Å². The summed E-state index contributed by atoms with van der Waals surface area (Å²) in [6.45, 7) is 1.92. The van der Waals surface area contributed by atoms with Crippen molar-refractivity contribution in [1.29, 1.82) is 0 Å². The smallest absolute Gasteiger partial charge is 0.205 e. The Kier molecular flexibility index (Phi) is 4.94. The SMILES string of the molecule is Cc1ccc(S(=O)(=O)C2N=COC2CCCc2ccccn2)cc1. The van der Waals surface area contributed by atoms with Crippen molar-refractivity contribution in [2.24, 2.45) is 4.99 Å². The zero-order chi connectivity index (χ0) is 17.0. The van der Waals surface area contributed by atoms with Crippen LogP contribution in [0.3, 0.4) is 0 Å². The van der Waals surface area contributed by atoms with E-state index in [2.05, 4.69) is 9.98 Å². The van der Waals surface area contributed by atoms with E-state index in [4.69, 9.17) is 4.74 Å². The first-order chi connectivity index (χ1) is 11.6. The lowest BCUT2D eigenvalue weighted by Gasteiger charge is -2.17. The van der Waals surface area contributed by atoms with Crippen LogP contribution in [-0.4, -0.2) is 31.3 Å². The van der Waals surface area contributed by atoms with Crippen LogP contribution < -0.4 is 0 Å². The van der Waals surface area contributed by atoms with Crippen molar-refractivity contribution in [1.82, 2.24) is 4.98 Å². The second-order valence-corrected chi connectivity index (χ2v) is 7.94. The highest BCUT2D eigenvalue weighted by molar-refractivity contribution is 7.92. The number of aliphatic imine (C=N–C) groups is 1. The summed E-state index contributed by atoms with van der Waals surface area (Å²) < 4.78 is 31.0. The molecule has 0 amide bonds. The molecular formula is C18H20N2O3S. The van der Waals surface area contributed by atoms with E-state index >= 15 is 0 Å². The molecule has 6 heteroatoms. The fourth-order valence-corrected chi connectivity index (χ4v) is 4.33. The van der Waals surface area contributed by atoms with Crippen molar-refractivity contribution in [2.45, 2.75) is 42.6 Å². The number of hydrogen-bond donors (Lipinski definition) is 0. The van der Waals surface area contributed by atoms with Crippen LogP contribution in [0, 0.1) is 6.92 Å². The molecule has 2 atom stereocenters. The van der Waals surface area contributed by atoms with Gasteiger partial charge in [0.2, 0.25) is 9.84 Å². The molecule has 1 aromatic heterocycles. The van der Waals surface area contributed by atoms with Gasteiger partial charge in [-0.2, -0.15) is 0 Å². The average molecular weight is 344 g/mol. The summed E-state index contributed by atoms with van der Waals surface area (Å²) in [7, 11) is -3.54. The monoisotopic (exact) mass is 344 g/mol. The molecule has 0 spiro atoms. The minimum absolute atomic E-state index is 0.287. The fourth-order valence-electron chi connectivity index (χ4n) is 2.72. The number of ether oxygens (including phenoxy) is 1. The molecular weight excluding hydrogens is 324 g/mol. The van der Waals surface area contributed by atoms with E-state index < -0.39 is 21.3 Å². The number of hydrogen-bond acceptors (Lipinski definition) is 5. The first-order valence-electron chi connectivity index (χ1n) is 7.95.